The first-order chi connectivity index (χ1) is 38.7. The van der Waals surface area contributed by atoms with Crippen LogP contribution in [0.1, 0.15) is 105 Å². The van der Waals surface area contributed by atoms with E-state index in [0.717, 1.165) is 44.9 Å². The number of benzene rings is 10. The Labute approximate surface area is 483 Å². The van der Waals surface area contributed by atoms with E-state index in [4.69, 9.17) is 8.75 Å². The maximum Gasteiger partial charge on any atom is 0.129 e. The molecule has 0 unspecified atom stereocenters. The third-order valence-electron chi connectivity index (χ3n) is 16.4. The zero-order valence-electron chi connectivity index (χ0n) is 49.0. The number of hydrogen-bond acceptors (Lipinski definition) is 4. The van der Waals surface area contributed by atoms with Crippen LogP contribution in [0.5, 0.6) is 0 Å². The Morgan fingerprint density at radius 1 is 0.309 bits per heavy atom. The molecule has 0 radical (unpaired) electrons. The van der Waals surface area contributed by atoms with E-state index in [-0.39, 0.29) is 21.7 Å². The molecule has 0 N–H and O–H groups in total. The summed E-state index contributed by atoms with van der Waals surface area (Å²) in [6.45, 7) is 27.2. The lowest BCUT2D eigenvalue weighted by Crippen LogP contribution is -2.11. The van der Waals surface area contributed by atoms with Crippen molar-refractivity contribution in [3.63, 3.8) is 0 Å². The van der Waals surface area contributed by atoms with Crippen molar-refractivity contribution in [2.24, 2.45) is 0 Å². The summed E-state index contributed by atoms with van der Waals surface area (Å²) in [6.07, 6.45) is 0. The average Bonchev–Trinajstić information content (AvgIpc) is 4.18. The van der Waals surface area contributed by atoms with Crippen molar-refractivity contribution >= 4 is 61.6 Å². The summed E-state index contributed by atoms with van der Waals surface area (Å²) in [5, 5.41) is 2.45. The fourth-order valence-electron chi connectivity index (χ4n) is 11.4. The molecule has 12 rings (SSSR count). The second-order valence-corrected chi connectivity index (χ2v) is 26.7. The van der Waals surface area contributed by atoms with E-state index in [9.17, 15) is 0 Å². The smallest absolute Gasteiger partial charge is 0.129 e. The molecule has 0 saturated carbocycles. The van der Waals surface area contributed by atoms with Crippen molar-refractivity contribution in [1.82, 2.24) is 13.3 Å². The minimum Gasteiger partial charge on any atom is -0.309 e. The first-order valence-corrected chi connectivity index (χ1v) is 29.3. The highest BCUT2D eigenvalue weighted by molar-refractivity contribution is 7.00. The number of fused-ring (bicyclic) bond motifs is 4. The molecule has 10 aromatic carbocycles. The molecular weight excluding hydrogens is 1000 g/mol. The van der Waals surface area contributed by atoms with Gasteiger partial charge in [0.2, 0.25) is 0 Å². The van der Waals surface area contributed by atoms with E-state index in [1.54, 1.807) is 0 Å². The molecule has 5 heteroatoms. The van der Waals surface area contributed by atoms with Crippen LogP contribution in [-0.2, 0) is 21.7 Å². The molecule has 0 aliphatic carbocycles. The monoisotopic (exact) mass is 1070 g/mol. The largest absolute Gasteiger partial charge is 0.309 e. The Hall–Kier alpha value is -8.38. The van der Waals surface area contributed by atoms with Crippen molar-refractivity contribution in [2.45, 2.75) is 105 Å². The Kier molecular flexibility index (Phi) is 13.4. The zero-order valence-corrected chi connectivity index (χ0v) is 49.8. The molecule has 4 nitrogen and oxygen atoms in total. The van der Waals surface area contributed by atoms with Crippen LogP contribution in [0, 0.1) is 0 Å². The average molecular weight is 1070 g/mol. The normalized spacial score (nSPS) is 12.4. The van der Waals surface area contributed by atoms with Crippen LogP contribution >= 0.6 is 11.7 Å². The van der Waals surface area contributed by atoms with Crippen LogP contribution in [0.25, 0.3) is 94.2 Å². The van der Waals surface area contributed by atoms with Crippen molar-refractivity contribution in [3.05, 3.63) is 241 Å². The molecule has 0 saturated heterocycles. The Morgan fingerprint density at radius 2 is 0.617 bits per heavy atom. The number of nitrogens with zero attached hydrogens (tertiary/aromatic N) is 4. The number of rotatable bonds is 9. The molecule has 0 amide bonds. The molecule has 0 aliphatic rings. The minimum absolute atomic E-state index is 0.0867. The third kappa shape index (κ3) is 10.4. The predicted octanol–water partition coefficient (Wildman–Crippen LogP) is 21.8. The first kappa shape index (κ1) is 53.3. The molecule has 402 valence electrons. The van der Waals surface area contributed by atoms with Crippen LogP contribution < -0.4 is 4.90 Å². The van der Waals surface area contributed by atoms with Gasteiger partial charge in [-0.3, -0.25) is 0 Å². The first-order valence-electron chi connectivity index (χ1n) is 28.5. The van der Waals surface area contributed by atoms with Gasteiger partial charge in [0.1, 0.15) is 11.0 Å². The van der Waals surface area contributed by atoms with Gasteiger partial charge in [0.05, 0.1) is 28.4 Å². The summed E-state index contributed by atoms with van der Waals surface area (Å²) in [4.78, 5) is 2.33. The molecule has 2 heterocycles. The standard InChI is InChI=1S/C76H72N4S/c1-73(2,3)58-29-13-49(14-30-58)51-21-37-62(38-22-51)79(63-39-23-52(24-40-63)50-15-31-59(32-16-50)74(4,5)6)70-46-43-65(71-72(70)78-81-77-71)55-25-41-64(42-26-55)80-68-44-27-56(53-17-33-60(34-18-53)75(7,8)9)47-66(68)67-48-57(28-45-69(67)80)54-19-35-61(36-20-54)76(10,11)12/h13-48H,1-12H3. The number of anilines is 3. The fourth-order valence-corrected chi connectivity index (χ4v) is 12.0. The molecule has 0 fully saturated rings. The van der Waals surface area contributed by atoms with Crippen molar-refractivity contribution < 1.29 is 0 Å². The van der Waals surface area contributed by atoms with Crippen LogP contribution in [-0.4, -0.2) is 13.3 Å². The van der Waals surface area contributed by atoms with Gasteiger partial charge in [0, 0.05) is 33.4 Å². The molecule has 0 aliphatic heterocycles. The molecule has 0 spiro atoms. The predicted molar refractivity (Wildman–Crippen MR) is 348 cm³/mol. The van der Waals surface area contributed by atoms with E-state index in [1.165, 1.54) is 100 Å². The molecule has 0 bridgehead atoms. The number of hydrogen-bond donors (Lipinski definition) is 0. The minimum atomic E-state index is 0.0867. The van der Waals surface area contributed by atoms with Gasteiger partial charge in [-0.25, -0.2) is 0 Å². The topological polar surface area (TPSA) is 34.0 Å². The van der Waals surface area contributed by atoms with Crippen LogP contribution in [0.4, 0.5) is 17.1 Å². The summed E-state index contributed by atoms with van der Waals surface area (Å²) in [6, 6.07) is 81.5. The highest BCUT2D eigenvalue weighted by Crippen LogP contribution is 2.44. The van der Waals surface area contributed by atoms with E-state index < -0.39 is 0 Å². The van der Waals surface area contributed by atoms with E-state index in [0.29, 0.717) is 0 Å². The van der Waals surface area contributed by atoms with Crippen LogP contribution in [0.3, 0.4) is 0 Å². The van der Waals surface area contributed by atoms with Crippen molar-refractivity contribution in [3.8, 4) is 61.3 Å². The van der Waals surface area contributed by atoms with Gasteiger partial charge in [-0.2, -0.15) is 8.75 Å². The van der Waals surface area contributed by atoms with Gasteiger partial charge in [-0.15, -0.1) is 0 Å². The fraction of sp³-hybridized carbons (Fsp3) is 0.211. The summed E-state index contributed by atoms with van der Waals surface area (Å²) >= 11 is 1.26. The second-order valence-electron chi connectivity index (χ2n) is 26.2. The van der Waals surface area contributed by atoms with Gasteiger partial charge in [-0.1, -0.05) is 229 Å². The lowest BCUT2D eigenvalue weighted by atomic mass is 9.86. The molecule has 2 aromatic heterocycles. The highest BCUT2D eigenvalue weighted by atomic mass is 32.1. The summed E-state index contributed by atoms with van der Waals surface area (Å²) in [7, 11) is 0. The van der Waals surface area contributed by atoms with Crippen LogP contribution in [0.15, 0.2) is 218 Å². The maximum atomic E-state index is 5.06. The zero-order chi connectivity index (χ0) is 56.6. The molecule has 81 heavy (non-hydrogen) atoms. The van der Waals surface area contributed by atoms with E-state index in [2.05, 4.69) is 311 Å². The summed E-state index contributed by atoms with van der Waals surface area (Å²) in [5.74, 6) is 0. The Morgan fingerprint density at radius 3 is 0.975 bits per heavy atom. The summed E-state index contributed by atoms with van der Waals surface area (Å²) < 4.78 is 12.5. The second kappa shape index (κ2) is 20.3. The van der Waals surface area contributed by atoms with Crippen LogP contribution in [0.2, 0.25) is 0 Å². The van der Waals surface area contributed by atoms with Gasteiger partial charge >= 0.3 is 0 Å². The quantitative estimate of drug-likeness (QED) is 0.144. The third-order valence-corrected chi connectivity index (χ3v) is 17.0. The number of aromatic nitrogens is 3. The molecular formula is C76H72N4S. The van der Waals surface area contributed by atoms with E-state index >= 15 is 0 Å². The van der Waals surface area contributed by atoms with Gasteiger partial charge < -0.3 is 9.47 Å². The van der Waals surface area contributed by atoms with Gasteiger partial charge in [-0.05, 0) is 167 Å². The Bertz CT molecular complexity index is 4010. The lowest BCUT2D eigenvalue weighted by Gasteiger charge is -2.26. The van der Waals surface area contributed by atoms with E-state index in [1.807, 2.05) is 0 Å². The SMILES string of the molecule is CC(C)(C)c1ccc(-c2ccc(N(c3ccc(-c4ccc(C(C)(C)C)cc4)cc3)c3ccc(-c4ccc(-n5c6ccc(-c7ccc(C(C)(C)C)cc7)cc6c6cc(-c7ccc(C(C)(C)C)cc7)ccc65)cc4)c4nsnc34)cc2)cc1. The molecule has 12 aromatic rings. The summed E-state index contributed by atoms with van der Waals surface area (Å²) in [5.41, 5.74) is 25.6. The lowest BCUT2D eigenvalue weighted by molar-refractivity contribution is 0.590. The highest BCUT2D eigenvalue weighted by Gasteiger charge is 2.23. The maximum absolute atomic E-state index is 5.06. The van der Waals surface area contributed by atoms with Gasteiger partial charge in [0.25, 0.3) is 0 Å². The molecule has 0 atom stereocenters. The Balaban J connectivity index is 0.921. The van der Waals surface area contributed by atoms with Crippen molar-refractivity contribution in [2.75, 3.05) is 4.90 Å². The van der Waals surface area contributed by atoms with Crippen molar-refractivity contribution in [1.29, 1.82) is 0 Å². The van der Waals surface area contributed by atoms with Gasteiger partial charge in [0.15, 0.2) is 0 Å².